The summed E-state index contributed by atoms with van der Waals surface area (Å²) in [5.41, 5.74) is 0.436. The standard InChI is InChI=1S/C14H12BrNO3/c15-12-3-5-13(6-4-12)18-8-9-19-14(17)11-2-1-7-16-10-11/h1-7,10H,8-9H2. The van der Waals surface area contributed by atoms with Gasteiger partial charge in [-0.2, -0.15) is 0 Å². The van der Waals surface area contributed by atoms with Crippen LogP contribution < -0.4 is 4.74 Å². The zero-order chi connectivity index (χ0) is 13.5. The summed E-state index contributed by atoms with van der Waals surface area (Å²) in [5, 5.41) is 0. The van der Waals surface area contributed by atoms with E-state index in [9.17, 15) is 4.79 Å². The predicted molar refractivity (Wildman–Crippen MR) is 74.2 cm³/mol. The van der Waals surface area contributed by atoms with E-state index in [1.54, 1.807) is 18.3 Å². The van der Waals surface area contributed by atoms with E-state index >= 15 is 0 Å². The number of rotatable bonds is 5. The van der Waals surface area contributed by atoms with Gasteiger partial charge in [-0.15, -0.1) is 0 Å². The minimum atomic E-state index is -0.396. The summed E-state index contributed by atoms with van der Waals surface area (Å²) in [5.74, 6) is 0.341. The smallest absolute Gasteiger partial charge is 0.339 e. The fourth-order valence-corrected chi connectivity index (χ4v) is 1.66. The first kappa shape index (κ1) is 13.5. The highest BCUT2D eigenvalue weighted by Crippen LogP contribution is 2.15. The molecule has 1 heterocycles. The summed E-state index contributed by atoms with van der Waals surface area (Å²) in [4.78, 5) is 15.4. The molecule has 4 nitrogen and oxygen atoms in total. The lowest BCUT2D eigenvalue weighted by atomic mass is 10.3. The zero-order valence-electron chi connectivity index (χ0n) is 10.1. The van der Waals surface area contributed by atoms with Crippen LogP contribution in [0.2, 0.25) is 0 Å². The summed E-state index contributed by atoms with van der Waals surface area (Å²) >= 11 is 3.34. The van der Waals surface area contributed by atoms with Crippen LogP contribution in [-0.4, -0.2) is 24.2 Å². The minimum Gasteiger partial charge on any atom is -0.490 e. The highest BCUT2D eigenvalue weighted by Gasteiger charge is 2.06. The first-order valence-corrected chi connectivity index (χ1v) is 6.50. The number of ether oxygens (including phenoxy) is 2. The number of benzene rings is 1. The second-order valence-electron chi connectivity index (χ2n) is 3.68. The van der Waals surface area contributed by atoms with Gasteiger partial charge in [0.2, 0.25) is 0 Å². The quantitative estimate of drug-likeness (QED) is 0.627. The molecule has 0 aliphatic carbocycles. The molecular formula is C14H12BrNO3. The number of pyridine rings is 1. The van der Waals surface area contributed by atoms with E-state index < -0.39 is 5.97 Å². The Morgan fingerprint density at radius 3 is 2.63 bits per heavy atom. The topological polar surface area (TPSA) is 48.4 Å². The molecule has 19 heavy (non-hydrogen) atoms. The van der Waals surface area contributed by atoms with Gasteiger partial charge >= 0.3 is 5.97 Å². The average molecular weight is 322 g/mol. The summed E-state index contributed by atoms with van der Waals surface area (Å²) in [6, 6.07) is 10.8. The number of carbonyl (C=O) groups is 1. The summed E-state index contributed by atoms with van der Waals surface area (Å²) < 4.78 is 11.5. The third kappa shape index (κ3) is 4.37. The second-order valence-corrected chi connectivity index (χ2v) is 4.60. The van der Waals surface area contributed by atoms with Crippen molar-refractivity contribution in [3.8, 4) is 5.75 Å². The van der Waals surface area contributed by atoms with Crippen molar-refractivity contribution in [2.75, 3.05) is 13.2 Å². The van der Waals surface area contributed by atoms with Crippen molar-refractivity contribution in [1.29, 1.82) is 0 Å². The maximum Gasteiger partial charge on any atom is 0.339 e. The molecule has 1 aromatic carbocycles. The molecule has 0 unspecified atom stereocenters. The fourth-order valence-electron chi connectivity index (χ4n) is 1.39. The van der Waals surface area contributed by atoms with E-state index in [0.717, 1.165) is 10.2 Å². The van der Waals surface area contributed by atoms with E-state index in [1.807, 2.05) is 24.3 Å². The van der Waals surface area contributed by atoms with Crippen LogP contribution in [0.3, 0.4) is 0 Å². The van der Waals surface area contributed by atoms with Gasteiger partial charge in [-0.1, -0.05) is 15.9 Å². The summed E-state index contributed by atoms with van der Waals surface area (Å²) in [6.45, 7) is 0.511. The van der Waals surface area contributed by atoms with Gasteiger partial charge in [-0.3, -0.25) is 4.98 Å². The zero-order valence-corrected chi connectivity index (χ0v) is 11.7. The van der Waals surface area contributed by atoms with E-state index in [-0.39, 0.29) is 6.61 Å². The molecule has 2 aromatic rings. The van der Waals surface area contributed by atoms with E-state index in [2.05, 4.69) is 20.9 Å². The average Bonchev–Trinajstić information content (AvgIpc) is 2.46. The Hall–Kier alpha value is -1.88. The van der Waals surface area contributed by atoms with Crippen molar-refractivity contribution in [3.05, 3.63) is 58.8 Å². The third-order valence-corrected chi connectivity index (χ3v) is 2.82. The third-order valence-electron chi connectivity index (χ3n) is 2.30. The molecular weight excluding hydrogens is 310 g/mol. The largest absolute Gasteiger partial charge is 0.490 e. The van der Waals surface area contributed by atoms with Gasteiger partial charge in [-0.25, -0.2) is 4.79 Å². The molecule has 98 valence electrons. The Balaban J connectivity index is 1.72. The van der Waals surface area contributed by atoms with E-state index in [4.69, 9.17) is 9.47 Å². The van der Waals surface area contributed by atoms with Gasteiger partial charge in [0.25, 0.3) is 0 Å². The van der Waals surface area contributed by atoms with Crippen LogP contribution in [0.25, 0.3) is 0 Å². The van der Waals surface area contributed by atoms with Crippen LogP contribution in [0.5, 0.6) is 5.75 Å². The number of carbonyl (C=O) groups excluding carboxylic acids is 1. The lowest BCUT2D eigenvalue weighted by molar-refractivity contribution is 0.0450. The molecule has 0 atom stereocenters. The SMILES string of the molecule is O=C(OCCOc1ccc(Br)cc1)c1cccnc1. The molecule has 0 spiro atoms. The Labute approximate surface area is 119 Å². The van der Waals surface area contributed by atoms with Crippen LogP contribution in [0.1, 0.15) is 10.4 Å². The lowest BCUT2D eigenvalue weighted by Gasteiger charge is -2.07. The van der Waals surface area contributed by atoms with Crippen molar-refractivity contribution >= 4 is 21.9 Å². The molecule has 0 amide bonds. The Morgan fingerprint density at radius 1 is 1.16 bits per heavy atom. The second kappa shape index (κ2) is 6.89. The van der Waals surface area contributed by atoms with E-state index in [1.165, 1.54) is 6.20 Å². The van der Waals surface area contributed by atoms with Crippen molar-refractivity contribution in [3.63, 3.8) is 0 Å². The molecule has 0 fully saturated rings. The van der Waals surface area contributed by atoms with Crippen LogP contribution >= 0.6 is 15.9 Å². The maximum atomic E-state index is 11.6. The first-order chi connectivity index (χ1) is 9.25. The highest BCUT2D eigenvalue weighted by atomic mass is 79.9. The predicted octanol–water partition coefficient (Wildman–Crippen LogP) is 3.08. The van der Waals surface area contributed by atoms with Crippen molar-refractivity contribution < 1.29 is 14.3 Å². The normalized spacial score (nSPS) is 9.95. The van der Waals surface area contributed by atoms with Crippen molar-refractivity contribution in [2.24, 2.45) is 0 Å². The van der Waals surface area contributed by atoms with Crippen LogP contribution in [0.15, 0.2) is 53.3 Å². The van der Waals surface area contributed by atoms with Crippen LogP contribution in [0.4, 0.5) is 0 Å². The molecule has 0 saturated heterocycles. The fraction of sp³-hybridized carbons (Fsp3) is 0.143. The lowest BCUT2D eigenvalue weighted by Crippen LogP contribution is -2.12. The molecule has 0 aliphatic heterocycles. The van der Waals surface area contributed by atoms with Gasteiger partial charge in [-0.05, 0) is 36.4 Å². The van der Waals surface area contributed by atoms with Gasteiger partial charge < -0.3 is 9.47 Å². The Bertz CT molecular complexity index is 528. The van der Waals surface area contributed by atoms with Crippen molar-refractivity contribution in [1.82, 2.24) is 4.98 Å². The Morgan fingerprint density at radius 2 is 1.95 bits per heavy atom. The molecule has 1 aromatic heterocycles. The first-order valence-electron chi connectivity index (χ1n) is 5.71. The van der Waals surface area contributed by atoms with Gasteiger partial charge in [0.1, 0.15) is 19.0 Å². The van der Waals surface area contributed by atoms with E-state index in [0.29, 0.717) is 12.2 Å². The molecule has 0 saturated carbocycles. The number of nitrogens with zero attached hydrogens (tertiary/aromatic N) is 1. The van der Waals surface area contributed by atoms with Gasteiger partial charge in [0.15, 0.2) is 0 Å². The number of esters is 1. The number of hydrogen-bond acceptors (Lipinski definition) is 4. The Kier molecular flexibility index (Phi) is 4.92. The molecule has 0 N–H and O–H groups in total. The highest BCUT2D eigenvalue weighted by molar-refractivity contribution is 9.10. The summed E-state index contributed by atoms with van der Waals surface area (Å²) in [6.07, 6.45) is 3.07. The molecule has 5 heteroatoms. The monoisotopic (exact) mass is 321 g/mol. The van der Waals surface area contributed by atoms with Gasteiger partial charge in [0, 0.05) is 16.9 Å². The molecule has 0 bridgehead atoms. The number of hydrogen-bond donors (Lipinski definition) is 0. The van der Waals surface area contributed by atoms with Gasteiger partial charge in [0.05, 0.1) is 5.56 Å². The molecule has 2 rings (SSSR count). The minimum absolute atomic E-state index is 0.198. The number of halogens is 1. The number of aromatic nitrogens is 1. The van der Waals surface area contributed by atoms with Crippen LogP contribution in [0, 0.1) is 0 Å². The van der Waals surface area contributed by atoms with Crippen molar-refractivity contribution in [2.45, 2.75) is 0 Å². The molecule has 0 radical (unpaired) electrons. The molecule has 0 aliphatic rings. The van der Waals surface area contributed by atoms with Crippen LogP contribution in [-0.2, 0) is 4.74 Å². The maximum absolute atomic E-state index is 11.6. The summed E-state index contributed by atoms with van der Waals surface area (Å²) in [7, 11) is 0.